The molecule has 1 aromatic rings. The molecule has 1 aliphatic rings. The van der Waals surface area contributed by atoms with E-state index >= 15 is 0 Å². The second-order valence-electron chi connectivity index (χ2n) is 5.26. The van der Waals surface area contributed by atoms with Crippen molar-refractivity contribution < 1.29 is 9.47 Å². The third-order valence-corrected chi connectivity index (χ3v) is 3.96. The van der Waals surface area contributed by atoms with Crippen LogP contribution in [-0.4, -0.2) is 24.2 Å². The van der Waals surface area contributed by atoms with Crippen LogP contribution in [0.25, 0.3) is 0 Å². The molecule has 0 bridgehead atoms. The summed E-state index contributed by atoms with van der Waals surface area (Å²) in [5, 5.41) is 0. The van der Waals surface area contributed by atoms with Gasteiger partial charge in [0.1, 0.15) is 0 Å². The van der Waals surface area contributed by atoms with Gasteiger partial charge in [-0.25, -0.2) is 4.98 Å². The van der Waals surface area contributed by atoms with Gasteiger partial charge in [0.2, 0.25) is 5.88 Å². The predicted molar refractivity (Wildman–Crippen MR) is 75.1 cm³/mol. The first kappa shape index (κ1) is 14.3. The predicted octanol–water partition coefficient (Wildman–Crippen LogP) is 2.66. The fourth-order valence-corrected chi connectivity index (χ4v) is 2.73. The Labute approximate surface area is 115 Å². The largest absolute Gasteiger partial charge is 0.481 e. The number of aromatic nitrogens is 1. The third kappa shape index (κ3) is 3.67. The lowest BCUT2D eigenvalue weighted by molar-refractivity contribution is -0.0608. The van der Waals surface area contributed by atoms with Gasteiger partial charge in [-0.05, 0) is 25.0 Å². The lowest BCUT2D eigenvalue weighted by atomic mass is 9.94. The van der Waals surface area contributed by atoms with Crippen LogP contribution in [0.3, 0.4) is 0 Å². The minimum Gasteiger partial charge on any atom is -0.481 e. The Bertz CT molecular complexity index is 387. The minimum absolute atomic E-state index is 0.155. The molecule has 2 rings (SSSR count). The maximum atomic E-state index is 6.18. The molecule has 0 unspecified atom stereocenters. The molecular weight excluding hydrogens is 240 g/mol. The second kappa shape index (κ2) is 6.87. The third-order valence-electron chi connectivity index (χ3n) is 3.96. The molecule has 0 saturated heterocycles. The van der Waals surface area contributed by atoms with Crippen LogP contribution in [0.1, 0.15) is 44.1 Å². The van der Waals surface area contributed by atoms with Crippen LogP contribution < -0.4 is 10.5 Å². The van der Waals surface area contributed by atoms with Gasteiger partial charge in [-0.15, -0.1) is 0 Å². The molecule has 0 amide bonds. The summed E-state index contributed by atoms with van der Waals surface area (Å²) in [5.74, 6) is 0.642. The fourth-order valence-electron chi connectivity index (χ4n) is 2.73. The van der Waals surface area contributed by atoms with Crippen LogP contribution in [0, 0.1) is 0 Å². The Morgan fingerprint density at radius 1 is 1.26 bits per heavy atom. The van der Waals surface area contributed by atoms with Gasteiger partial charge in [0.15, 0.2) is 0 Å². The topological polar surface area (TPSA) is 57.4 Å². The number of hydrogen-bond acceptors (Lipinski definition) is 4. The molecule has 1 heterocycles. The van der Waals surface area contributed by atoms with Crippen molar-refractivity contribution in [3.8, 4) is 5.88 Å². The van der Waals surface area contributed by atoms with E-state index in [9.17, 15) is 0 Å². The summed E-state index contributed by atoms with van der Waals surface area (Å²) in [6.07, 6.45) is 8.86. The van der Waals surface area contributed by atoms with Crippen LogP contribution in [0.2, 0.25) is 0 Å². The standard InChI is InChI=1S/C15H24N2O2/c1-18-14-13(7-6-10-17-14)11-19-15(12-16)8-4-2-3-5-9-15/h6-7,10H,2-5,8-9,11-12,16H2,1H3. The zero-order chi connectivity index (χ0) is 13.6. The zero-order valence-corrected chi connectivity index (χ0v) is 11.7. The van der Waals surface area contributed by atoms with E-state index in [0.29, 0.717) is 19.0 Å². The lowest BCUT2D eigenvalue weighted by Gasteiger charge is -2.31. The van der Waals surface area contributed by atoms with E-state index < -0.39 is 0 Å². The lowest BCUT2D eigenvalue weighted by Crippen LogP contribution is -2.40. The molecule has 0 radical (unpaired) electrons. The smallest absolute Gasteiger partial charge is 0.218 e. The van der Waals surface area contributed by atoms with Crippen molar-refractivity contribution in [1.29, 1.82) is 0 Å². The van der Waals surface area contributed by atoms with Crippen LogP contribution in [0.5, 0.6) is 5.88 Å². The summed E-state index contributed by atoms with van der Waals surface area (Å²) in [5.41, 5.74) is 6.80. The summed E-state index contributed by atoms with van der Waals surface area (Å²) in [6.45, 7) is 1.11. The first-order valence-corrected chi connectivity index (χ1v) is 7.11. The SMILES string of the molecule is COc1ncccc1COC1(CN)CCCCCC1. The molecule has 0 spiro atoms. The van der Waals surface area contributed by atoms with Crippen molar-refractivity contribution in [3.63, 3.8) is 0 Å². The molecule has 106 valence electrons. The van der Waals surface area contributed by atoms with Crippen molar-refractivity contribution in [1.82, 2.24) is 4.98 Å². The highest BCUT2D eigenvalue weighted by Crippen LogP contribution is 2.31. The van der Waals surface area contributed by atoms with Gasteiger partial charge in [-0.3, -0.25) is 0 Å². The number of methoxy groups -OCH3 is 1. The molecule has 0 aliphatic heterocycles. The molecule has 1 fully saturated rings. The number of nitrogens with two attached hydrogens (primary N) is 1. The van der Waals surface area contributed by atoms with Gasteiger partial charge < -0.3 is 15.2 Å². The highest BCUT2D eigenvalue weighted by molar-refractivity contribution is 5.24. The first-order valence-electron chi connectivity index (χ1n) is 7.11. The van der Waals surface area contributed by atoms with Gasteiger partial charge in [-0.1, -0.05) is 25.7 Å². The molecule has 0 atom stereocenters. The molecule has 4 heteroatoms. The van der Waals surface area contributed by atoms with Gasteiger partial charge in [0, 0.05) is 18.3 Å². The fraction of sp³-hybridized carbons (Fsp3) is 0.667. The maximum Gasteiger partial charge on any atom is 0.218 e. The molecule has 4 nitrogen and oxygen atoms in total. The number of rotatable bonds is 5. The average Bonchev–Trinajstić information content (AvgIpc) is 2.71. The zero-order valence-electron chi connectivity index (χ0n) is 11.7. The number of pyridine rings is 1. The number of ether oxygens (including phenoxy) is 2. The van der Waals surface area contributed by atoms with Crippen LogP contribution >= 0.6 is 0 Å². The molecule has 0 aromatic carbocycles. The summed E-state index contributed by atoms with van der Waals surface area (Å²) < 4.78 is 11.4. The Hall–Kier alpha value is -1.13. The molecular formula is C15H24N2O2. The Morgan fingerprint density at radius 2 is 2.00 bits per heavy atom. The quantitative estimate of drug-likeness (QED) is 0.831. The summed E-state index contributed by atoms with van der Waals surface area (Å²) in [4.78, 5) is 4.19. The van der Waals surface area contributed by atoms with Gasteiger partial charge >= 0.3 is 0 Å². The van der Waals surface area contributed by atoms with E-state index in [-0.39, 0.29) is 5.60 Å². The molecule has 2 N–H and O–H groups in total. The van der Waals surface area contributed by atoms with Crippen molar-refractivity contribution in [2.75, 3.05) is 13.7 Å². The van der Waals surface area contributed by atoms with E-state index in [1.165, 1.54) is 25.7 Å². The van der Waals surface area contributed by atoms with Crippen molar-refractivity contribution in [2.24, 2.45) is 5.73 Å². The van der Waals surface area contributed by atoms with Crippen molar-refractivity contribution in [3.05, 3.63) is 23.9 Å². The molecule has 1 aliphatic carbocycles. The average molecular weight is 264 g/mol. The summed E-state index contributed by atoms with van der Waals surface area (Å²) in [7, 11) is 1.64. The Balaban J connectivity index is 2.02. The van der Waals surface area contributed by atoms with E-state index in [4.69, 9.17) is 15.2 Å². The van der Waals surface area contributed by atoms with Gasteiger partial charge in [-0.2, -0.15) is 0 Å². The van der Waals surface area contributed by atoms with Crippen molar-refractivity contribution in [2.45, 2.75) is 50.7 Å². The minimum atomic E-state index is -0.155. The van der Waals surface area contributed by atoms with Crippen LogP contribution in [0.4, 0.5) is 0 Å². The highest BCUT2D eigenvalue weighted by atomic mass is 16.5. The molecule has 1 aromatic heterocycles. The monoisotopic (exact) mass is 264 g/mol. The molecule has 19 heavy (non-hydrogen) atoms. The normalized spacial score (nSPS) is 18.8. The summed E-state index contributed by atoms with van der Waals surface area (Å²) in [6, 6.07) is 3.90. The molecule has 1 saturated carbocycles. The van der Waals surface area contributed by atoms with E-state index in [0.717, 1.165) is 18.4 Å². The highest BCUT2D eigenvalue weighted by Gasteiger charge is 2.30. The van der Waals surface area contributed by atoms with Gasteiger partial charge in [0.05, 0.1) is 19.3 Å². The van der Waals surface area contributed by atoms with Crippen molar-refractivity contribution >= 4 is 0 Å². The van der Waals surface area contributed by atoms with E-state index in [1.54, 1.807) is 13.3 Å². The maximum absolute atomic E-state index is 6.18. The second-order valence-corrected chi connectivity index (χ2v) is 5.26. The Morgan fingerprint density at radius 3 is 2.63 bits per heavy atom. The van der Waals surface area contributed by atoms with Crippen LogP contribution in [0.15, 0.2) is 18.3 Å². The first-order chi connectivity index (χ1) is 9.29. The van der Waals surface area contributed by atoms with E-state index in [2.05, 4.69) is 4.98 Å². The number of nitrogens with zero attached hydrogens (tertiary/aromatic N) is 1. The van der Waals surface area contributed by atoms with Crippen LogP contribution in [-0.2, 0) is 11.3 Å². The number of hydrogen-bond donors (Lipinski definition) is 1. The Kier molecular flexibility index (Phi) is 5.16. The van der Waals surface area contributed by atoms with Gasteiger partial charge in [0.25, 0.3) is 0 Å². The van der Waals surface area contributed by atoms with E-state index in [1.807, 2.05) is 12.1 Å². The summed E-state index contributed by atoms with van der Waals surface area (Å²) >= 11 is 0.